The summed E-state index contributed by atoms with van der Waals surface area (Å²) in [5.74, 6) is 0. The summed E-state index contributed by atoms with van der Waals surface area (Å²) in [6.45, 7) is 0. The largest absolute Gasteiger partial charge is 0.360 e. The third kappa shape index (κ3) is 1.04. The van der Waals surface area contributed by atoms with Gasteiger partial charge in [0.2, 0.25) is 0 Å². The highest BCUT2D eigenvalue weighted by Crippen LogP contribution is 2.26. The van der Waals surface area contributed by atoms with E-state index in [0.717, 1.165) is 16.8 Å². The predicted octanol–water partition coefficient (Wildman–Crippen LogP) is 2.69. The molecule has 4 heteroatoms. The first-order valence-corrected chi connectivity index (χ1v) is 5.12. The third-order valence-corrected chi connectivity index (χ3v) is 2.73. The molecule has 0 saturated heterocycles. The van der Waals surface area contributed by atoms with Gasteiger partial charge in [-0.05, 0) is 17.6 Å². The number of aromatic nitrogens is 3. The summed E-state index contributed by atoms with van der Waals surface area (Å²) in [5.41, 5.74) is 3.19. The van der Waals surface area contributed by atoms with Gasteiger partial charge in [0.15, 0.2) is 0 Å². The lowest BCUT2D eigenvalue weighted by Crippen LogP contribution is -1.74. The number of para-hydroxylation sites is 1. The van der Waals surface area contributed by atoms with Crippen LogP contribution in [0.4, 0.5) is 0 Å². The number of nitrogens with one attached hydrogen (secondary N) is 1. The molecule has 2 aromatic heterocycles. The molecule has 3 rings (SSSR count). The van der Waals surface area contributed by atoms with Crippen LogP contribution in [0, 0.1) is 0 Å². The monoisotopic (exact) mass is 201 g/mol. The molecule has 0 atom stereocenters. The highest BCUT2D eigenvalue weighted by Gasteiger charge is 2.06. The molecule has 68 valence electrons. The lowest BCUT2D eigenvalue weighted by atomic mass is 10.1. The van der Waals surface area contributed by atoms with Crippen molar-refractivity contribution in [3.63, 3.8) is 0 Å². The molecule has 3 aromatic rings. The fourth-order valence-electron chi connectivity index (χ4n) is 1.57. The van der Waals surface area contributed by atoms with E-state index in [1.54, 1.807) is 0 Å². The van der Waals surface area contributed by atoms with Crippen LogP contribution in [0.1, 0.15) is 0 Å². The maximum atomic E-state index is 4.06. The van der Waals surface area contributed by atoms with Crippen molar-refractivity contribution in [1.82, 2.24) is 14.6 Å². The first-order chi connectivity index (χ1) is 6.95. The summed E-state index contributed by atoms with van der Waals surface area (Å²) in [7, 11) is 0. The second kappa shape index (κ2) is 2.92. The van der Waals surface area contributed by atoms with E-state index in [2.05, 4.69) is 26.7 Å². The maximum Gasteiger partial charge on any atom is 0.108 e. The van der Waals surface area contributed by atoms with Gasteiger partial charge < -0.3 is 4.98 Å². The average Bonchev–Trinajstić information content (AvgIpc) is 2.85. The van der Waals surface area contributed by atoms with Gasteiger partial charge >= 0.3 is 0 Å². The van der Waals surface area contributed by atoms with E-state index in [0.29, 0.717) is 0 Å². The summed E-state index contributed by atoms with van der Waals surface area (Å²) in [6, 6.07) is 8.18. The Morgan fingerprint density at radius 1 is 1.21 bits per heavy atom. The van der Waals surface area contributed by atoms with Crippen LogP contribution in [-0.2, 0) is 0 Å². The van der Waals surface area contributed by atoms with Crippen LogP contribution in [0.15, 0.2) is 35.8 Å². The lowest BCUT2D eigenvalue weighted by Gasteiger charge is -1.91. The zero-order chi connectivity index (χ0) is 9.38. The Kier molecular flexibility index (Phi) is 1.61. The van der Waals surface area contributed by atoms with Crippen LogP contribution in [0.3, 0.4) is 0 Å². The van der Waals surface area contributed by atoms with Gasteiger partial charge in [-0.2, -0.15) is 0 Å². The molecule has 0 amide bonds. The van der Waals surface area contributed by atoms with Crippen molar-refractivity contribution in [3.8, 4) is 11.3 Å². The van der Waals surface area contributed by atoms with Crippen LogP contribution in [0.25, 0.3) is 22.2 Å². The number of H-pyrrole nitrogens is 1. The van der Waals surface area contributed by atoms with Crippen LogP contribution < -0.4 is 0 Å². The number of hydrogen-bond donors (Lipinski definition) is 1. The number of fused-ring (bicyclic) bond motifs is 1. The van der Waals surface area contributed by atoms with E-state index < -0.39 is 0 Å². The summed E-state index contributed by atoms with van der Waals surface area (Å²) in [5, 5.41) is 7.21. The molecule has 0 spiro atoms. The SMILES string of the molecule is c1ccc2c(-c3csnn3)c[nH]c2c1. The topological polar surface area (TPSA) is 41.6 Å². The molecule has 3 nitrogen and oxygen atoms in total. The Morgan fingerprint density at radius 3 is 3.00 bits per heavy atom. The molecule has 0 fully saturated rings. The quantitative estimate of drug-likeness (QED) is 0.657. The minimum atomic E-state index is 0.937. The third-order valence-electron chi connectivity index (χ3n) is 2.23. The Hall–Kier alpha value is -1.68. The lowest BCUT2D eigenvalue weighted by molar-refractivity contribution is 1.16. The predicted molar refractivity (Wildman–Crippen MR) is 57.2 cm³/mol. The van der Waals surface area contributed by atoms with Crippen molar-refractivity contribution in [1.29, 1.82) is 0 Å². The highest BCUT2D eigenvalue weighted by atomic mass is 32.1. The molecule has 0 saturated carbocycles. The number of aromatic amines is 1. The molecule has 1 aromatic carbocycles. The standard InChI is InChI=1S/C10H7N3S/c1-2-4-9-7(3-1)8(5-11-9)10-6-14-13-12-10/h1-6,11H. The Morgan fingerprint density at radius 2 is 2.14 bits per heavy atom. The van der Waals surface area contributed by atoms with Gasteiger partial charge in [0.1, 0.15) is 5.69 Å². The molecule has 14 heavy (non-hydrogen) atoms. The van der Waals surface area contributed by atoms with Crippen LogP contribution in [0.2, 0.25) is 0 Å². The van der Waals surface area contributed by atoms with Gasteiger partial charge in [-0.1, -0.05) is 22.7 Å². The van der Waals surface area contributed by atoms with E-state index in [1.807, 2.05) is 23.7 Å². The van der Waals surface area contributed by atoms with E-state index >= 15 is 0 Å². The summed E-state index contributed by atoms with van der Waals surface area (Å²) in [4.78, 5) is 3.21. The van der Waals surface area contributed by atoms with E-state index in [-0.39, 0.29) is 0 Å². The van der Waals surface area contributed by atoms with E-state index in [9.17, 15) is 0 Å². The number of nitrogens with zero attached hydrogens (tertiary/aromatic N) is 2. The molecule has 0 radical (unpaired) electrons. The first kappa shape index (κ1) is 7.70. The van der Waals surface area contributed by atoms with E-state index in [1.165, 1.54) is 16.9 Å². The minimum Gasteiger partial charge on any atom is -0.360 e. The van der Waals surface area contributed by atoms with Gasteiger partial charge in [-0.25, -0.2) is 0 Å². The van der Waals surface area contributed by atoms with Gasteiger partial charge in [0, 0.05) is 28.0 Å². The van der Waals surface area contributed by atoms with E-state index in [4.69, 9.17) is 0 Å². The van der Waals surface area contributed by atoms with Crippen molar-refractivity contribution in [2.24, 2.45) is 0 Å². The summed E-state index contributed by atoms with van der Waals surface area (Å²) >= 11 is 1.37. The zero-order valence-corrected chi connectivity index (χ0v) is 8.08. The van der Waals surface area contributed by atoms with Crippen molar-refractivity contribution in [3.05, 3.63) is 35.8 Å². The van der Waals surface area contributed by atoms with Crippen LogP contribution >= 0.6 is 11.5 Å². The van der Waals surface area contributed by atoms with Crippen molar-refractivity contribution in [2.45, 2.75) is 0 Å². The van der Waals surface area contributed by atoms with Crippen LogP contribution in [0.5, 0.6) is 0 Å². The smallest absolute Gasteiger partial charge is 0.108 e. The second-order valence-electron chi connectivity index (χ2n) is 3.04. The molecule has 0 aliphatic rings. The van der Waals surface area contributed by atoms with Gasteiger partial charge in [-0.3, -0.25) is 0 Å². The van der Waals surface area contributed by atoms with Gasteiger partial charge in [-0.15, -0.1) is 5.10 Å². The second-order valence-corrected chi connectivity index (χ2v) is 3.65. The molecule has 1 N–H and O–H groups in total. The summed E-state index contributed by atoms with van der Waals surface area (Å²) in [6.07, 6.45) is 1.97. The molecular weight excluding hydrogens is 194 g/mol. The number of benzene rings is 1. The Balaban J connectivity index is 2.33. The fourth-order valence-corrected chi connectivity index (χ4v) is 2.02. The van der Waals surface area contributed by atoms with Crippen molar-refractivity contribution < 1.29 is 0 Å². The molecule has 0 aliphatic carbocycles. The molecule has 0 bridgehead atoms. The Labute approximate surface area is 84.6 Å². The number of hydrogen-bond acceptors (Lipinski definition) is 3. The number of rotatable bonds is 1. The average molecular weight is 201 g/mol. The Bertz CT molecular complexity index is 554. The molecule has 0 unspecified atom stereocenters. The molecule has 2 heterocycles. The fraction of sp³-hybridized carbons (Fsp3) is 0. The highest BCUT2D eigenvalue weighted by molar-refractivity contribution is 7.03. The maximum absolute atomic E-state index is 4.06. The van der Waals surface area contributed by atoms with Crippen molar-refractivity contribution >= 4 is 22.4 Å². The molecule has 0 aliphatic heterocycles. The minimum absolute atomic E-state index is 0.937. The first-order valence-electron chi connectivity index (χ1n) is 4.29. The molecular formula is C10H7N3S. The van der Waals surface area contributed by atoms with Gasteiger partial charge in [0.25, 0.3) is 0 Å². The summed E-state index contributed by atoms with van der Waals surface area (Å²) < 4.78 is 3.86. The van der Waals surface area contributed by atoms with Gasteiger partial charge in [0.05, 0.1) is 0 Å². The zero-order valence-electron chi connectivity index (χ0n) is 7.27. The normalized spacial score (nSPS) is 10.9. The van der Waals surface area contributed by atoms with Crippen LogP contribution in [-0.4, -0.2) is 14.6 Å². The van der Waals surface area contributed by atoms with Crippen molar-refractivity contribution in [2.75, 3.05) is 0 Å².